The first-order valence-electron chi connectivity index (χ1n) is 12.1. The van der Waals surface area contributed by atoms with Crippen molar-refractivity contribution >= 4 is 11.9 Å². The van der Waals surface area contributed by atoms with Gasteiger partial charge in [0, 0.05) is 49.8 Å². The van der Waals surface area contributed by atoms with Gasteiger partial charge in [-0.15, -0.1) is 0 Å². The number of benzene rings is 1. The fourth-order valence-electron chi connectivity index (χ4n) is 4.81. The number of amides is 2. The molecule has 1 saturated heterocycles. The number of aliphatic hydroxyl groups excluding tert-OH is 1. The number of likely N-dealkylation sites (N-methyl/N-ethyl adjacent to an activating group) is 1. The molecule has 0 spiro atoms. The number of aromatic nitrogens is 2. The molecule has 36 heavy (non-hydrogen) atoms. The van der Waals surface area contributed by atoms with Crippen molar-refractivity contribution < 1.29 is 27.9 Å². The van der Waals surface area contributed by atoms with Crippen molar-refractivity contribution in [3.63, 3.8) is 0 Å². The highest BCUT2D eigenvalue weighted by Crippen LogP contribution is 2.32. The van der Waals surface area contributed by atoms with Crippen LogP contribution in [0.15, 0.2) is 12.1 Å². The lowest BCUT2D eigenvalue weighted by Crippen LogP contribution is -2.57. The van der Waals surface area contributed by atoms with Crippen LogP contribution in [0.25, 0.3) is 11.3 Å². The molecular weight excluding hydrogens is 475 g/mol. The maximum absolute atomic E-state index is 14.7. The summed E-state index contributed by atoms with van der Waals surface area (Å²) >= 11 is 0. The van der Waals surface area contributed by atoms with E-state index in [9.17, 15) is 27.9 Å². The lowest BCUT2D eigenvalue weighted by atomic mass is 9.85. The van der Waals surface area contributed by atoms with Crippen LogP contribution in [0.4, 0.5) is 18.0 Å². The van der Waals surface area contributed by atoms with Gasteiger partial charge in [0.25, 0.3) is 0 Å². The number of nitrogens with zero attached hydrogens (tertiary/aromatic N) is 4. The molecule has 2 atom stereocenters. The van der Waals surface area contributed by atoms with E-state index in [0.29, 0.717) is 56.2 Å². The first-order chi connectivity index (χ1) is 16.9. The number of carbonyl (C=O) groups is 2. The summed E-state index contributed by atoms with van der Waals surface area (Å²) in [6.45, 7) is 7.11. The van der Waals surface area contributed by atoms with E-state index < -0.39 is 41.0 Å². The molecule has 0 bridgehead atoms. The molecule has 1 aromatic carbocycles. The highest BCUT2D eigenvalue weighted by molar-refractivity contribution is 5.89. The fourth-order valence-corrected chi connectivity index (χ4v) is 4.81. The van der Waals surface area contributed by atoms with Crippen LogP contribution in [-0.4, -0.2) is 75.5 Å². The Balaban J connectivity index is 1.70. The summed E-state index contributed by atoms with van der Waals surface area (Å²) in [5.41, 5.74) is 0.232. The van der Waals surface area contributed by atoms with Crippen LogP contribution < -0.4 is 5.32 Å². The van der Waals surface area contributed by atoms with E-state index in [-0.39, 0.29) is 23.7 Å². The normalized spacial score (nSPS) is 19.7. The molecule has 2 aromatic rings. The molecule has 0 aliphatic carbocycles. The first kappa shape index (κ1) is 26.2. The summed E-state index contributed by atoms with van der Waals surface area (Å²) < 4.78 is 43.3. The third-order valence-corrected chi connectivity index (χ3v) is 6.79. The number of aliphatic hydroxyl groups is 1. The maximum Gasteiger partial charge on any atom is 0.343 e. The number of hydrogen-bond donors (Lipinski definition) is 2. The summed E-state index contributed by atoms with van der Waals surface area (Å²) in [5, 5.41) is 17.1. The Labute approximate surface area is 208 Å². The zero-order chi connectivity index (χ0) is 26.4. The second kappa shape index (κ2) is 9.85. The molecule has 11 heteroatoms. The molecule has 2 amide bonds. The Hall–Kier alpha value is -2.92. The van der Waals surface area contributed by atoms with Crippen molar-refractivity contribution in [1.82, 2.24) is 24.9 Å². The Morgan fingerprint density at radius 2 is 1.83 bits per heavy atom. The molecule has 2 aliphatic heterocycles. The van der Waals surface area contributed by atoms with Gasteiger partial charge in [0.1, 0.15) is 17.6 Å². The molecule has 0 radical (unpaired) electrons. The van der Waals surface area contributed by atoms with E-state index in [2.05, 4.69) is 10.4 Å². The van der Waals surface area contributed by atoms with Gasteiger partial charge in [-0.3, -0.25) is 4.79 Å². The number of hydrogen-bond acceptors (Lipinski definition) is 5. The van der Waals surface area contributed by atoms with Crippen molar-refractivity contribution in [1.29, 1.82) is 0 Å². The van der Waals surface area contributed by atoms with E-state index in [1.165, 1.54) is 0 Å². The minimum atomic E-state index is -1.31. The van der Waals surface area contributed by atoms with E-state index in [1.54, 1.807) is 4.90 Å². The maximum atomic E-state index is 14.7. The van der Waals surface area contributed by atoms with Gasteiger partial charge in [-0.25, -0.2) is 18.0 Å². The van der Waals surface area contributed by atoms with Crippen LogP contribution in [-0.2, 0) is 17.8 Å². The van der Waals surface area contributed by atoms with Gasteiger partial charge in [0.15, 0.2) is 11.6 Å². The van der Waals surface area contributed by atoms with Crippen LogP contribution in [0.1, 0.15) is 44.9 Å². The SMILES string of the molecule is CN1CCc2c(c(-c3cc(F)c(F)cc3F)nn2C(=O)N[C@H](C(=O)N2CCC[C@@H](O)C2)C(C)(C)C)C1. The molecule has 0 saturated carbocycles. The summed E-state index contributed by atoms with van der Waals surface area (Å²) in [4.78, 5) is 30.4. The van der Waals surface area contributed by atoms with Crippen molar-refractivity contribution in [3.05, 3.63) is 40.8 Å². The number of β-amino-alcohol motifs (C(OH)–C–C–N with tert-alkyl or cyclic N) is 1. The largest absolute Gasteiger partial charge is 0.391 e. The Morgan fingerprint density at radius 1 is 1.14 bits per heavy atom. The minimum absolute atomic E-state index is 0.0564. The summed E-state index contributed by atoms with van der Waals surface area (Å²) in [6, 6.07) is -0.377. The topological polar surface area (TPSA) is 90.7 Å². The molecule has 2 N–H and O–H groups in total. The van der Waals surface area contributed by atoms with E-state index >= 15 is 0 Å². The van der Waals surface area contributed by atoms with Crippen LogP contribution in [0, 0.1) is 22.9 Å². The van der Waals surface area contributed by atoms with Gasteiger partial charge in [-0.05, 0) is 31.4 Å². The number of halogens is 3. The van der Waals surface area contributed by atoms with E-state index in [4.69, 9.17) is 0 Å². The van der Waals surface area contributed by atoms with E-state index in [1.807, 2.05) is 32.7 Å². The van der Waals surface area contributed by atoms with Crippen molar-refractivity contribution in [2.45, 2.75) is 58.7 Å². The highest BCUT2D eigenvalue weighted by Gasteiger charge is 2.38. The second-order valence-corrected chi connectivity index (χ2v) is 10.7. The molecule has 4 rings (SSSR count). The third-order valence-electron chi connectivity index (χ3n) is 6.79. The van der Waals surface area contributed by atoms with Gasteiger partial charge < -0.3 is 20.2 Å². The van der Waals surface area contributed by atoms with Crippen LogP contribution in [0.5, 0.6) is 0 Å². The van der Waals surface area contributed by atoms with Gasteiger partial charge in [0.05, 0.1) is 11.8 Å². The van der Waals surface area contributed by atoms with Crippen molar-refractivity contribution in [3.8, 4) is 11.3 Å². The van der Waals surface area contributed by atoms with Gasteiger partial charge in [-0.2, -0.15) is 9.78 Å². The second-order valence-electron chi connectivity index (χ2n) is 10.7. The smallest absolute Gasteiger partial charge is 0.343 e. The quantitative estimate of drug-likeness (QED) is 0.624. The molecule has 1 aromatic heterocycles. The lowest BCUT2D eigenvalue weighted by Gasteiger charge is -2.37. The number of carbonyl (C=O) groups excluding carboxylic acids is 2. The number of likely N-dealkylation sites (tertiary alicyclic amines) is 1. The Bertz CT molecular complexity index is 1180. The monoisotopic (exact) mass is 507 g/mol. The van der Waals surface area contributed by atoms with Gasteiger partial charge in [-0.1, -0.05) is 20.8 Å². The number of nitrogens with one attached hydrogen (secondary N) is 1. The van der Waals surface area contributed by atoms with Crippen molar-refractivity contribution in [2.75, 3.05) is 26.7 Å². The molecule has 196 valence electrons. The zero-order valence-corrected chi connectivity index (χ0v) is 20.9. The van der Waals surface area contributed by atoms with Crippen LogP contribution in [0.2, 0.25) is 0 Å². The Morgan fingerprint density at radius 3 is 2.50 bits per heavy atom. The van der Waals surface area contributed by atoms with Crippen molar-refractivity contribution in [2.24, 2.45) is 5.41 Å². The average Bonchev–Trinajstić information content (AvgIpc) is 3.17. The molecule has 0 unspecified atom stereocenters. The summed E-state index contributed by atoms with van der Waals surface area (Å²) in [7, 11) is 1.85. The molecule has 8 nitrogen and oxygen atoms in total. The van der Waals surface area contributed by atoms with Gasteiger partial charge >= 0.3 is 6.03 Å². The number of fused-ring (bicyclic) bond motifs is 1. The average molecular weight is 508 g/mol. The van der Waals surface area contributed by atoms with Gasteiger partial charge in [0.2, 0.25) is 5.91 Å². The van der Waals surface area contributed by atoms with Crippen LogP contribution >= 0.6 is 0 Å². The summed E-state index contributed by atoms with van der Waals surface area (Å²) in [6.07, 6.45) is 1.10. The molecule has 3 heterocycles. The van der Waals surface area contributed by atoms with Crippen LogP contribution in [0.3, 0.4) is 0 Å². The molecular formula is C25H32F3N5O3. The minimum Gasteiger partial charge on any atom is -0.391 e. The predicted octanol–water partition coefficient (Wildman–Crippen LogP) is 2.91. The third kappa shape index (κ3) is 5.12. The number of rotatable bonds is 3. The summed E-state index contributed by atoms with van der Waals surface area (Å²) in [5.74, 6) is -3.82. The zero-order valence-electron chi connectivity index (χ0n) is 20.9. The lowest BCUT2D eigenvalue weighted by molar-refractivity contribution is -0.138. The predicted molar refractivity (Wildman–Crippen MR) is 127 cm³/mol. The molecule has 2 aliphatic rings. The molecule has 1 fully saturated rings. The van der Waals surface area contributed by atoms with E-state index in [0.717, 1.165) is 10.7 Å². The fraction of sp³-hybridized carbons (Fsp3) is 0.560. The highest BCUT2D eigenvalue weighted by atomic mass is 19.2. The first-order valence-corrected chi connectivity index (χ1v) is 12.1. The number of piperidine rings is 1. The standard InChI is InChI=1S/C25H32F3N5O3/c1-25(2,3)22(23(35)32-8-5-6-14(34)12-32)29-24(36)33-20-7-9-31(4)13-16(20)21(30-33)15-10-18(27)19(28)11-17(15)26/h10-11,14,22,34H,5-9,12-13H2,1-4H3,(H,29,36)/t14-,22-/m1/s1. The Kier molecular flexibility index (Phi) is 7.16.